The van der Waals surface area contributed by atoms with Crippen LogP contribution in [-0.4, -0.2) is 37.6 Å². The third-order valence-corrected chi connectivity index (χ3v) is 3.27. The van der Waals surface area contributed by atoms with Gasteiger partial charge in [0, 0.05) is 19.6 Å². The smallest absolute Gasteiger partial charge is 0.0107 e. The highest BCUT2D eigenvalue weighted by Crippen LogP contribution is 2.21. The van der Waals surface area contributed by atoms with Gasteiger partial charge < -0.3 is 10.2 Å². The molecule has 1 rings (SSSR count). The third kappa shape index (κ3) is 3.65. The number of hydrogen-bond donors (Lipinski definition) is 1. The molecule has 13 heavy (non-hydrogen) atoms. The third-order valence-electron chi connectivity index (χ3n) is 3.27. The molecule has 0 saturated carbocycles. The van der Waals surface area contributed by atoms with Crippen LogP contribution in [0.1, 0.15) is 27.2 Å². The van der Waals surface area contributed by atoms with Gasteiger partial charge in [0.1, 0.15) is 0 Å². The molecule has 0 bridgehead atoms. The molecule has 1 fully saturated rings. The highest BCUT2D eigenvalue weighted by molar-refractivity contribution is 4.75. The molecule has 2 unspecified atom stereocenters. The van der Waals surface area contributed by atoms with E-state index in [4.69, 9.17) is 0 Å². The maximum Gasteiger partial charge on any atom is 0.0107 e. The fourth-order valence-corrected chi connectivity index (χ4v) is 1.97. The minimum atomic E-state index is 0.885. The van der Waals surface area contributed by atoms with E-state index in [1.165, 1.54) is 26.1 Å². The van der Waals surface area contributed by atoms with Gasteiger partial charge >= 0.3 is 0 Å². The average molecular weight is 184 g/mol. The first kappa shape index (κ1) is 11.0. The van der Waals surface area contributed by atoms with Crippen molar-refractivity contribution in [2.45, 2.75) is 27.2 Å². The highest BCUT2D eigenvalue weighted by atomic mass is 15.1. The Balaban J connectivity index is 2.14. The van der Waals surface area contributed by atoms with Crippen molar-refractivity contribution in [2.75, 3.05) is 32.7 Å². The molecular formula is C11H24N2. The predicted octanol–water partition coefficient (Wildman–Crippen LogP) is 1.57. The van der Waals surface area contributed by atoms with Crippen molar-refractivity contribution in [3.63, 3.8) is 0 Å². The van der Waals surface area contributed by atoms with E-state index in [2.05, 4.69) is 31.0 Å². The summed E-state index contributed by atoms with van der Waals surface area (Å²) in [4.78, 5) is 2.59. The summed E-state index contributed by atoms with van der Waals surface area (Å²) in [6, 6.07) is 0. The van der Waals surface area contributed by atoms with Crippen molar-refractivity contribution in [3.8, 4) is 0 Å². The molecule has 0 spiro atoms. The molecule has 1 heterocycles. The lowest BCUT2D eigenvalue weighted by Crippen LogP contribution is -2.41. The normalized spacial score (nSPS) is 30.7. The number of rotatable bonds is 4. The summed E-state index contributed by atoms with van der Waals surface area (Å²) < 4.78 is 0. The summed E-state index contributed by atoms with van der Waals surface area (Å²) in [7, 11) is 0. The zero-order chi connectivity index (χ0) is 9.68. The topological polar surface area (TPSA) is 15.3 Å². The second-order valence-corrected chi connectivity index (χ2v) is 4.40. The lowest BCUT2D eigenvalue weighted by Gasteiger charge is -2.35. The zero-order valence-corrected chi connectivity index (χ0v) is 9.34. The Labute approximate surface area is 82.7 Å². The highest BCUT2D eigenvalue weighted by Gasteiger charge is 2.21. The van der Waals surface area contributed by atoms with E-state index in [1.807, 2.05) is 0 Å². The van der Waals surface area contributed by atoms with E-state index in [0.717, 1.165) is 24.9 Å². The van der Waals surface area contributed by atoms with Gasteiger partial charge in [-0.25, -0.2) is 0 Å². The SMILES string of the molecule is CCNCCN1CCC(C)C(C)C1. The van der Waals surface area contributed by atoms with Gasteiger partial charge in [-0.3, -0.25) is 0 Å². The number of piperidine rings is 1. The number of likely N-dealkylation sites (N-methyl/N-ethyl adjacent to an activating group) is 1. The molecule has 78 valence electrons. The van der Waals surface area contributed by atoms with Crippen LogP contribution in [0.2, 0.25) is 0 Å². The Bertz CT molecular complexity index is 136. The largest absolute Gasteiger partial charge is 0.316 e. The van der Waals surface area contributed by atoms with Gasteiger partial charge in [-0.15, -0.1) is 0 Å². The summed E-state index contributed by atoms with van der Waals surface area (Å²) in [5, 5.41) is 3.38. The van der Waals surface area contributed by atoms with Crippen LogP contribution in [-0.2, 0) is 0 Å². The lowest BCUT2D eigenvalue weighted by molar-refractivity contribution is 0.139. The van der Waals surface area contributed by atoms with Crippen molar-refractivity contribution in [2.24, 2.45) is 11.8 Å². The summed E-state index contributed by atoms with van der Waals surface area (Å²) in [6.07, 6.45) is 1.38. The van der Waals surface area contributed by atoms with Crippen LogP contribution in [0.4, 0.5) is 0 Å². The fourth-order valence-electron chi connectivity index (χ4n) is 1.97. The van der Waals surface area contributed by atoms with Crippen LogP contribution in [0.25, 0.3) is 0 Å². The lowest BCUT2D eigenvalue weighted by atomic mass is 9.89. The van der Waals surface area contributed by atoms with Gasteiger partial charge in [0.25, 0.3) is 0 Å². The van der Waals surface area contributed by atoms with Crippen LogP contribution >= 0.6 is 0 Å². The minimum absolute atomic E-state index is 0.885. The van der Waals surface area contributed by atoms with Gasteiger partial charge in [-0.2, -0.15) is 0 Å². The monoisotopic (exact) mass is 184 g/mol. The Morgan fingerprint density at radius 3 is 2.69 bits per heavy atom. The molecular weight excluding hydrogens is 160 g/mol. The predicted molar refractivity (Wildman–Crippen MR) is 57.9 cm³/mol. The van der Waals surface area contributed by atoms with E-state index in [-0.39, 0.29) is 0 Å². The number of hydrogen-bond acceptors (Lipinski definition) is 2. The number of nitrogens with zero attached hydrogens (tertiary/aromatic N) is 1. The quantitative estimate of drug-likeness (QED) is 0.667. The van der Waals surface area contributed by atoms with Gasteiger partial charge in [-0.05, 0) is 31.3 Å². The van der Waals surface area contributed by atoms with Gasteiger partial charge in [0.2, 0.25) is 0 Å². The van der Waals surface area contributed by atoms with Crippen LogP contribution < -0.4 is 5.32 Å². The van der Waals surface area contributed by atoms with E-state index in [0.29, 0.717) is 0 Å². The Kier molecular flexibility index (Phi) is 4.74. The average Bonchev–Trinajstić information content (AvgIpc) is 2.12. The van der Waals surface area contributed by atoms with Crippen LogP contribution in [0.3, 0.4) is 0 Å². The number of likely N-dealkylation sites (tertiary alicyclic amines) is 1. The molecule has 0 radical (unpaired) electrons. The first-order valence-electron chi connectivity index (χ1n) is 5.67. The fraction of sp³-hybridized carbons (Fsp3) is 1.00. The standard InChI is InChI=1S/C11H24N2/c1-4-12-6-8-13-7-5-10(2)11(3)9-13/h10-12H,4-9H2,1-3H3. The van der Waals surface area contributed by atoms with Gasteiger partial charge in [-0.1, -0.05) is 20.8 Å². The molecule has 0 aromatic carbocycles. The molecule has 2 atom stereocenters. The summed E-state index contributed by atoms with van der Waals surface area (Å²) in [5.74, 6) is 1.81. The van der Waals surface area contributed by atoms with Crippen LogP contribution in [0.5, 0.6) is 0 Å². The molecule has 0 aliphatic carbocycles. The first-order valence-corrected chi connectivity index (χ1v) is 5.67. The molecule has 1 aliphatic rings. The first-order chi connectivity index (χ1) is 6.24. The van der Waals surface area contributed by atoms with E-state index in [9.17, 15) is 0 Å². The van der Waals surface area contributed by atoms with Gasteiger partial charge in [0.15, 0.2) is 0 Å². The van der Waals surface area contributed by atoms with Crippen molar-refractivity contribution < 1.29 is 0 Å². The van der Waals surface area contributed by atoms with E-state index in [1.54, 1.807) is 0 Å². The maximum atomic E-state index is 3.38. The summed E-state index contributed by atoms with van der Waals surface area (Å²) >= 11 is 0. The molecule has 0 aromatic heterocycles. The molecule has 1 saturated heterocycles. The van der Waals surface area contributed by atoms with Gasteiger partial charge in [0.05, 0.1) is 0 Å². The molecule has 2 nitrogen and oxygen atoms in total. The van der Waals surface area contributed by atoms with Crippen LogP contribution in [0.15, 0.2) is 0 Å². The second kappa shape index (κ2) is 5.61. The Morgan fingerprint density at radius 2 is 2.08 bits per heavy atom. The Hall–Kier alpha value is -0.0800. The molecule has 0 aromatic rings. The van der Waals surface area contributed by atoms with E-state index < -0.39 is 0 Å². The van der Waals surface area contributed by atoms with Crippen molar-refractivity contribution in [1.82, 2.24) is 10.2 Å². The number of nitrogens with one attached hydrogen (secondary N) is 1. The van der Waals surface area contributed by atoms with E-state index >= 15 is 0 Å². The molecule has 1 N–H and O–H groups in total. The van der Waals surface area contributed by atoms with Crippen molar-refractivity contribution in [1.29, 1.82) is 0 Å². The Morgan fingerprint density at radius 1 is 1.31 bits per heavy atom. The second-order valence-electron chi connectivity index (χ2n) is 4.40. The molecule has 1 aliphatic heterocycles. The molecule has 0 amide bonds. The van der Waals surface area contributed by atoms with Crippen molar-refractivity contribution >= 4 is 0 Å². The van der Waals surface area contributed by atoms with Crippen LogP contribution in [0, 0.1) is 11.8 Å². The summed E-state index contributed by atoms with van der Waals surface area (Å²) in [5.41, 5.74) is 0. The zero-order valence-electron chi connectivity index (χ0n) is 9.34. The minimum Gasteiger partial charge on any atom is -0.316 e. The summed E-state index contributed by atoms with van der Waals surface area (Å²) in [6.45, 7) is 13.0. The maximum absolute atomic E-state index is 3.38. The molecule has 2 heteroatoms. The van der Waals surface area contributed by atoms with Crippen molar-refractivity contribution in [3.05, 3.63) is 0 Å².